The second kappa shape index (κ2) is 10.5. The number of anilines is 1. The summed E-state index contributed by atoms with van der Waals surface area (Å²) in [6.07, 6.45) is 3.63. The molecule has 36 heavy (non-hydrogen) atoms. The van der Waals surface area contributed by atoms with Crippen molar-refractivity contribution < 1.29 is 9.94 Å². The Hall–Kier alpha value is -3.70. The number of aromatic nitrogens is 2. The van der Waals surface area contributed by atoms with E-state index in [4.69, 9.17) is 4.84 Å². The largest absolute Gasteiger partial charge is 0.392 e. The van der Waals surface area contributed by atoms with Crippen molar-refractivity contribution in [1.82, 2.24) is 9.55 Å². The van der Waals surface area contributed by atoms with Crippen LogP contribution in [0.15, 0.2) is 58.5 Å². The molecule has 1 aliphatic carbocycles. The van der Waals surface area contributed by atoms with Crippen molar-refractivity contribution in [2.45, 2.75) is 51.2 Å². The molecule has 1 fully saturated rings. The predicted octanol–water partition coefficient (Wildman–Crippen LogP) is 3.99. The Morgan fingerprint density at radius 1 is 1.22 bits per heavy atom. The quantitative estimate of drug-likeness (QED) is 0.399. The van der Waals surface area contributed by atoms with Gasteiger partial charge < -0.3 is 19.4 Å². The van der Waals surface area contributed by atoms with Gasteiger partial charge in [0.1, 0.15) is 17.3 Å². The highest BCUT2D eigenvalue weighted by Gasteiger charge is 2.30. The Bertz CT molecular complexity index is 1350. The molecule has 0 amide bonds. The number of hydrogen-bond donors (Lipinski definition) is 1. The number of aryl methyl sites for hydroxylation is 1. The first-order chi connectivity index (χ1) is 17.2. The Morgan fingerprint density at radius 2 is 1.92 bits per heavy atom. The average Bonchev–Trinajstić information content (AvgIpc) is 2.91. The molecule has 3 aromatic rings. The zero-order chi connectivity index (χ0) is 25.9. The van der Waals surface area contributed by atoms with Crippen molar-refractivity contribution in [1.29, 1.82) is 5.26 Å². The molecule has 1 aliphatic rings. The lowest BCUT2D eigenvalue weighted by atomic mass is 9.80. The van der Waals surface area contributed by atoms with Gasteiger partial charge in [-0.1, -0.05) is 35.5 Å². The van der Waals surface area contributed by atoms with Gasteiger partial charge in [-0.15, -0.1) is 0 Å². The van der Waals surface area contributed by atoms with E-state index in [0.29, 0.717) is 16.7 Å². The topological polar surface area (TPSA) is 104 Å². The molecule has 1 N–H and O–H groups in total. The van der Waals surface area contributed by atoms with E-state index in [1.807, 2.05) is 51.2 Å². The fraction of sp³-hybridized carbons (Fsp3) is 0.429. The molecular formula is C28H33N5O3. The number of hydrogen-bond acceptors (Lipinski definition) is 7. The minimum absolute atomic E-state index is 0.105. The third-order valence-electron chi connectivity index (χ3n) is 7.04. The first-order valence-corrected chi connectivity index (χ1v) is 12.3. The molecule has 1 aromatic carbocycles. The Morgan fingerprint density at radius 3 is 2.56 bits per heavy atom. The molecule has 8 heteroatoms. The summed E-state index contributed by atoms with van der Waals surface area (Å²) in [6.45, 7) is 3.50. The maximum absolute atomic E-state index is 12.7. The summed E-state index contributed by atoms with van der Waals surface area (Å²) < 4.78 is 1.56. The summed E-state index contributed by atoms with van der Waals surface area (Å²) in [7, 11) is 3.72. The van der Waals surface area contributed by atoms with Crippen molar-refractivity contribution >= 4 is 22.4 Å². The molecule has 0 unspecified atom stereocenters. The van der Waals surface area contributed by atoms with Crippen LogP contribution < -0.4 is 10.5 Å². The van der Waals surface area contributed by atoms with Crippen molar-refractivity contribution in [3.63, 3.8) is 0 Å². The minimum Gasteiger partial charge on any atom is -0.392 e. The normalized spacial score (nSPS) is 18.6. The molecule has 0 bridgehead atoms. The molecule has 0 saturated heterocycles. The maximum atomic E-state index is 12.7. The monoisotopic (exact) mass is 487 g/mol. The smallest absolute Gasteiger partial charge is 0.252 e. The van der Waals surface area contributed by atoms with Crippen LogP contribution in [-0.2, 0) is 11.9 Å². The van der Waals surface area contributed by atoms with Gasteiger partial charge in [0.05, 0.1) is 23.5 Å². The minimum atomic E-state index is -0.757. The Balaban J connectivity index is 1.58. The number of pyridine rings is 2. The summed E-state index contributed by atoms with van der Waals surface area (Å²) in [5.41, 5.74) is 3.50. The van der Waals surface area contributed by atoms with E-state index in [1.54, 1.807) is 29.8 Å². The van der Waals surface area contributed by atoms with Crippen LogP contribution in [0.1, 0.15) is 50.8 Å². The standard InChI is InChI=1S/C28H33N5O3/c1-28(2,18-34)36-31-26(19-8-6-5-7-9-19)20-10-13-22(14-11-20)32(3)24-16-25(35)33(4)23-15-12-21(17-29)30-27(23)24/h5-9,12,15-16,20,22,34H,10-11,13-14,18H2,1-4H3/b31-26-. The SMILES string of the molecule is CN(c1cc(=O)n(C)c2ccc(C#N)nc12)C1CCC(/C(=N\OC(C)(C)CO)c2ccccc2)CC1. The molecule has 1 saturated carbocycles. The van der Waals surface area contributed by atoms with E-state index in [2.05, 4.69) is 21.1 Å². The van der Waals surface area contributed by atoms with Crippen LogP contribution in [0.5, 0.6) is 0 Å². The fourth-order valence-corrected chi connectivity index (χ4v) is 4.75. The van der Waals surface area contributed by atoms with Crippen LogP contribution >= 0.6 is 0 Å². The van der Waals surface area contributed by atoms with Gasteiger partial charge in [0.15, 0.2) is 5.60 Å². The lowest BCUT2D eigenvalue weighted by Gasteiger charge is -2.36. The van der Waals surface area contributed by atoms with Crippen LogP contribution in [0.25, 0.3) is 11.0 Å². The van der Waals surface area contributed by atoms with Gasteiger partial charge in [0.2, 0.25) is 0 Å². The van der Waals surface area contributed by atoms with Crippen LogP contribution in [0, 0.1) is 17.2 Å². The van der Waals surface area contributed by atoms with Gasteiger partial charge in [-0.3, -0.25) is 4.79 Å². The third kappa shape index (κ3) is 5.26. The highest BCUT2D eigenvalue weighted by atomic mass is 16.7. The van der Waals surface area contributed by atoms with Gasteiger partial charge in [0.25, 0.3) is 5.56 Å². The maximum Gasteiger partial charge on any atom is 0.252 e. The highest BCUT2D eigenvalue weighted by Crippen LogP contribution is 2.34. The number of rotatable bonds is 7. The third-order valence-corrected chi connectivity index (χ3v) is 7.04. The molecule has 2 heterocycles. The van der Waals surface area contributed by atoms with E-state index in [-0.39, 0.29) is 24.1 Å². The van der Waals surface area contributed by atoms with E-state index in [1.165, 1.54) is 0 Å². The summed E-state index contributed by atoms with van der Waals surface area (Å²) in [6, 6.07) is 17.4. The van der Waals surface area contributed by atoms with Gasteiger partial charge in [-0.05, 0) is 57.2 Å². The molecule has 0 radical (unpaired) electrons. The number of aliphatic hydroxyl groups excluding tert-OH is 1. The number of nitriles is 1. The summed E-state index contributed by atoms with van der Waals surface area (Å²) in [4.78, 5) is 25.1. The molecule has 4 rings (SSSR count). The Labute approximate surface area is 211 Å². The second-order valence-electron chi connectivity index (χ2n) is 10.1. The highest BCUT2D eigenvalue weighted by molar-refractivity contribution is 6.02. The molecule has 2 aromatic heterocycles. The van der Waals surface area contributed by atoms with Gasteiger partial charge in [-0.25, -0.2) is 4.98 Å². The average molecular weight is 488 g/mol. The number of fused-ring (bicyclic) bond motifs is 1. The number of aliphatic hydroxyl groups is 1. The fourth-order valence-electron chi connectivity index (χ4n) is 4.75. The van der Waals surface area contributed by atoms with Crippen molar-refractivity contribution in [3.8, 4) is 6.07 Å². The molecule has 8 nitrogen and oxygen atoms in total. The number of oxime groups is 1. The summed E-state index contributed by atoms with van der Waals surface area (Å²) in [5.74, 6) is 0.218. The van der Waals surface area contributed by atoms with E-state index >= 15 is 0 Å². The van der Waals surface area contributed by atoms with E-state index in [9.17, 15) is 15.2 Å². The van der Waals surface area contributed by atoms with E-state index < -0.39 is 5.60 Å². The molecule has 0 aliphatic heterocycles. The van der Waals surface area contributed by atoms with Gasteiger partial charge >= 0.3 is 0 Å². The molecular weight excluding hydrogens is 454 g/mol. The predicted molar refractivity (Wildman–Crippen MR) is 141 cm³/mol. The van der Waals surface area contributed by atoms with Crippen LogP contribution in [0.2, 0.25) is 0 Å². The number of nitrogens with zero attached hydrogens (tertiary/aromatic N) is 5. The lowest BCUT2D eigenvalue weighted by Crippen LogP contribution is -2.38. The summed E-state index contributed by atoms with van der Waals surface area (Å²) in [5, 5.41) is 23.5. The van der Waals surface area contributed by atoms with Gasteiger partial charge in [-0.2, -0.15) is 5.26 Å². The van der Waals surface area contributed by atoms with Gasteiger partial charge in [0, 0.05) is 32.1 Å². The lowest BCUT2D eigenvalue weighted by molar-refractivity contribution is -0.0520. The van der Waals surface area contributed by atoms with Crippen LogP contribution in [0.3, 0.4) is 0 Å². The zero-order valence-corrected chi connectivity index (χ0v) is 21.3. The second-order valence-corrected chi connectivity index (χ2v) is 10.1. The summed E-state index contributed by atoms with van der Waals surface area (Å²) >= 11 is 0. The molecule has 188 valence electrons. The van der Waals surface area contributed by atoms with Crippen molar-refractivity contribution in [2.75, 3.05) is 18.6 Å². The first kappa shape index (κ1) is 25.4. The van der Waals surface area contributed by atoms with Crippen LogP contribution in [0.4, 0.5) is 5.69 Å². The number of benzene rings is 1. The van der Waals surface area contributed by atoms with Crippen molar-refractivity contribution in [3.05, 3.63) is 70.1 Å². The van der Waals surface area contributed by atoms with E-state index in [0.717, 1.165) is 42.6 Å². The van der Waals surface area contributed by atoms with Crippen molar-refractivity contribution in [2.24, 2.45) is 18.1 Å². The zero-order valence-electron chi connectivity index (χ0n) is 21.3. The first-order valence-electron chi connectivity index (χ1n) is 12.3. The van der Waals surface area contributed by atoms with Crippen LogP contribution in [-0.4, -0.2) is 45.7 Å². The molecule has 0 atom stereocenters. The Kier molecular flexibility index (Phi) is 7.41. The molecule has 0 spiro atoms.